The topological polar surface area (TPSA) is 42.7 Å². The summed E-state index contributed by atoms with van der Waals surface area (Å²) >= 11 is 6.47. The molecule has 0 atom stereocenters. The van der Waals surface area contributed by atoms with Crippen molar-refractivity contribution >= 4 is 28.3 Å². The van der Waals surface area contributed by atoms with Gasteiger partial charge in [-0.05, 0) is 56.5 Å². The fourth-order valence-electron chi connectivity index (χ4n) is 3.48. The molecule has 0 amide bonds. The summed E-state index contributed by atoms with van der Waals surface area (Å²) in [4.78, 5) is 14.4. The first kappa shape index (κ1) is 17.0. The smallest absolute Gasteiger partial charge is 0.339 e. The molecule has 0 spiro atoms. The lowest BCUT2D eigenvalue weighted by atomic mass is 10.0. The molecule has 1 aliphatic heterocycles. The van der Waals surface area contributed by atoms with Gasteiger partial charge in [0.2, 0.25) is 0 Å². The van der Waals surface area contributed by atoms with Crippen molar-refractivity contribution < 1.29 is 9.15 Å². The van der Waals surface area contributed by atoms with E-state index in [0.29, 0.717) is 35.2 Å². The van der Waals surface area contributed by atoms with Crippen LogP contribution in [0.4, 0.5) is 5.69 Å². The second kappa shape index (κ2) is 6.06. The second-order valence-corrected chi connectivity index (χ2v) is 7.35. The van der Waals surface area contributed by atoms with Crippen LogP contribution in [0.25, 0.3) is 11.0 Å². The molecule has 0 saturated heterocycles. The Hall–Kier alpha value is -2.46. The molecule has 0 N–H and O–H groups in total. The minimum absolute atomic E-state index is 0.316. The van der Waals surface area contributed by atoms with E-state index in [1.165, 1.54) is 11.1 Å². The summed E-state index contributed by atoms with van der Waals surface area (Å²) in [6.45, 7) is 8.81. The van der Waals surface area contributed by atoms with E-state index in [4.69, 9.17) is 20.8 Å². The number of anilines is 1. The van der Waals surface area contributed by atoms with E-state index in [0.717, 1.165) is 22.2 Å². The summed E-state index contributed by atoms with van der Waals surface area (Å²) in [6, 6.07) is 8.16. The van der Waals surface area contributed by atoms with Crippen LogP contribution in [0.15, 0.2) is 33.5 Å². The highest BCUT2D eigenvalue weighted by Gasteiger charge is 2.26. The van der Waals surface area contributed by atoms with Crippen molar-refractivity contribution in [2.45, 2.75) is 34.2 Å². The first-order chi connectivity index (χ1) is 12.4. The SMILES string of the molecule is Cc1ccc(C)c(N2COc3c(Cl)cc4c(C)c(C)c(=O)oc4c3C2)c1. The summed E-state index contributed by atoms with van der Waals surface area (Å²) < 4.78 is 11.6. The maximum atomic E-state index is 12.2. The van der Waals surface area contributed by atoms with Gasteiger partial charge in [0.1, 0.15) is 11.3 Å². The Morgan fingerprint density at radius 1 is 1.08 bits per heavy atom. The number of hydrogen-bond donors (Lipinski definition) is 0. The van der Waals surface area contributed by atoms with Crippen LogP contribution in [-0.4, -0.2) is 6.73 Å². The third kappa shape index (κ3) is 2.56. The summed E-state index contributed by atoms with van der Waals surface area (Å²) in [7, 11) is 0. The van der Waals surface area contributed by atoms with Crippen molar-refractivity contribution in [3.63, 3.8) is 0 Å². The summed E-state index contributed by atoms with van der Waals surface area (Å²) in [5, 5.41) is 1.40. The molecule has 0 bridgehead atoms. The Labute approximate surface area is 156 Å². The number of rotatable bonds is 1. The van der Waals surface area contributed by atoms with Gasteiger partial charge in [-0.3, -0.25) is 0 Å². The van der Waals surface area contributed by atoms with Crippen LogP contribution < -0.4 is 15.3 Å². The minimum atomic E-state index is -0.316. The molecule has 134 valence electrons. The van der Waals surface area contributed by atoms with Crippen molar-refractivity contribution in [2.24, 2.45) is 0 Å². The van der Waals surface area contributed by atoms with Crippen LogP contribution in [0, 0.1) is 27.7 Å². The Kier molecular flexibility index (Phi) is 3.96. The monoisotopic (exact) mass is 369 g/mol. The molecule has 2 aromatic carbocycles. The Bertz CT molecular complexity index is 1100. The number of benzene rings is 2. The third-order valence-electron chi connectivity index (χ3n) is 5.17. The molecule has 3 aromatic rings. The number of aryl methyl sites for hydroxylation is 3. The lowest BCUT2D eigenvalue weighted by molar-refractivity contribution is 0.289. The van der Waals surface area contributed by atoms with E-state index in [2.05, 4.69) is 36.9 Å². The Balaban J connectivity index is 1.92. The van der Waals surface area contributed by atoms with Gasteiger partial charge in [-0.2, -0.15) is 0 Å². The van der Waals surface area contributed by atoms with Crippen LogP contribution in [-0.2, 0) is 6.54 Å². The van der Waals surface area contributed by atoms with Crippen LogP contribution >= 0.6 is 11.6 Å². The van der Waals surface area contributed by atoms with Gasteiger partial charge in [0, 0.05) is 16.6 Å². The van der Waals surface area contributed by atoms with Crippen molar-refractivity contribution in [3.05, 3.63) is 67.5 Å². The molecule has 0 saturated carbocycles. The number of halogens is 1. The number of nitrogens with zero attached hydrogens (tertiary/aromatic N) is 1. The van der Waals surface area contributed by atoms with E-state index in [1.54, 1.807) is 6.92 Å². The lowest BCUT2D eigenvalue weighted by Gasteiger charge is -2.32. The average molecular weight is 370 g/mol. The molecule has 1 aromatic heterocycles. The zero-order valence-corrected chi connectivity index (χ0v) is 16.0. The number of hydrogen-bond acceptors (Lipinski definition) is 4. The quantitative estimate of drug-likeness (QED) is 0.564. The molecule has 0 unspecified atom stereocenters. The van der Waals surface area contributed by atoms with Gasteiger partial charge in [0.15, 0.2) is 6.73 Å². The van der Waals surface area contributed by atoms with Crippen LogP contribution in [0.3, 0.4) is 0 Å². The van der Waals surface area contributed by atoms with Gasteiger partial charge in [-0.15, -0.1) is 0 Å². The number of fused-ring (bicyclic) bond motifs is 3. The van der Waals surface area contributed by atoms with Crippen molar-refractivity contribution in [1.82, 2.24) is 0 Å². The van der Waals surface area contributed by atoms with Gasteiger partial charge in [-0.25, -0.2) is 4.79 Å². The van der Waals surface area contributed by atoms with Crippen LogP contribution in [0.1, 0.15) is 27.8 Å². The maximum Gasteiger partial charge on any atom is 0.339 e. The molecule has 4 rings (SSSR count). The largest absolute Gasteiger partial charge is 0.471 e. The highest BCUT2D eigenvalue weighted by Crippen LogP contribution is 2.41. The van der Waals surface area contributed by atoms with E-state index >= 15 is 0 Å². The first-order valence-corrected chi connectivity index (χ1v) is 8.95. The number of ether oxygens (including phenoxy) is 1. The van der Waals surface area contributed by atoms with E-state index in [9.17, 15) is 4.79 Å². The standard InChI is InChI=1S/C21H20ClNO3/c1-11-5-6-12(2)18(7-11)23-9-16-19-15(8-17(22)20(16)25-10-23)13(3)14(4)21(24)26-19/h5-8H,9-10H2,1-4H3. The zero-order chi connectivity index (χ0) is 18.6. The molecule has 0 fully saturated rings. The summed E-state index contributed by atoms with van der Waals surface area (Å²) in [5.41, 5.74) is 6.03. The fourth-order valence-corrected chi connectivity index (χ4v) is 3.76. The molecule has 1 aliphatic rings. The van der Waals surface area contributed by atoms with Crippen LogP contribution in [0.5, 0.6) is 5.75 Å². The predicted molar refractivity (Wildman–Crippen MR) is 105 cm³/mol. The summed E-state index contributed by atoms with van der Waals surface area (Å²) in [5.74, 6) is 0.604. The normalized spacial score (nSPS) is 13.7. The molecule has 0 radical (unpaired) electrons. The molecule has 26 heavy (non-hydrogen) atoms. The lowest BCUT2D eigenvalue weighted by Crippen LogP contribution is -2.33. The van der Waals surface area contributed by atoms with E-state index < -0.39 is 0 Å². The van der Waals surface area contributed by atoms with Gasteiger partial charge in [0.25, 0.3) is 0 Å². The van der Waals surface area contributed by atoms with Gasteiger partial charge in [0.05, 0.1) is 17.1 Å². The molecule has 4 nitrogen and oxygen atoms in total. The highest BCUT2D eigenvalue weighted by atomic mass is 35.5. The predicted octanol–water partition coefficient (Wildman–Crippen LogP) is 5.04. The van der Waals surface area contributed by atoms with E-state index in [-0.39, 0.29) is 5.63 Å². The highest BCUT2D eigenvalue weighted by molar-refractivity contribution is 6.33. The maximum absolute atomic E-state index is 12.2. The van der Waals surface area contributed by atoms with Crippen molar-refractivity contribution in [3.8, 4) is 5.75 Å². The average Bonchev–Trinajstić information content (AvgIpc) is 2.63. The van der Waals surface area contributed by atoms with Crippen molar-refractivity contribution in [1.29, 1.82) is 0 Å². The Morgan fingerprint density at radius 3 is 2.62 bits per heavy atom. The molecule has 5 heteroatoms. The van der Waals surface area contributed by atoms with Crippen molar-refractivity contribution in [2.75, 3.05) is 11.6 Å². The molecule has 2 heterocycles. The Morgan fingerprint density at radius 2 is 1.85 bits per heavy atom. The molecular formula is C21H20ClNO3. The summed E-state index contributed by atoms with van der Waals surface area (Å²) in [6.07, 6.45) is 0. The fraction of sp³-hybridized carbons (Fsp3) is 0.286. The van der Waals surface area contributed by atoms with Crippen LogP contribution in [0.2, 0.25) is 5.02 Å². The molecular weight excluding hydrogens is 350 g/mol. The molecule has 0 aliphatic carbocycles. The van der Waals surface area contributed by atoms with Gasteiger partial charge < -0.3 is 14.1 Å². The third-order valence-corrected chi connectivity index (χ3v) is 5.45. The second-order valence-electron chi connectivity index (χ2n) is 6.94. The van der Waals surface area contributed by atoms with Gasteiger partial charge >= 0.3 is 5.63 Å². The van der Waals surface area contributed by atoms with E-state index in [1.807, 2.05) is 13.0 Å². The zero-order valence-electron chi connectivity index (χ0n) is 15.3. The first-order valence-electron chi connectivity index (χ1n) is 8.57. The minimum Gasteiger partial charge on any atom is -0.471 e. The van der Waals surface area contributed by atoms with Gasteiger partial charge in [-0.1, -0.05) is 23.7 Å².